The molecule has 2 rings (SSSR count). The van der Waals surface area contributed by atoms with Gasteiger partial charge in [0.1, 0.15) is 0 Å². The third-order valence-electron chi connectivity index (χ3n) is 3.29. The summed E-state index contributed by atoms with van der Waals surface area (Å²) in [5, 5.41) is 0.834. The first kappa shape index (κ1) is 17.3. The Morgan fingerprint density at radius 1 is 1.09 bits per heavy atom. The van der Waals surface area contributed by atoms with Crippen LogP contribution in [0.1, 0.15) is 30.5 Å². The largest absolute Gasteiger partial charge is 0.216 e. The molecule has 0 spiro atoms. The lowest BCUT2D eigenvalue weighted by Crippen LogP contribution is -2.29. The van der Waals surface area contributed by atoms with Gasteiger partial charge in [0.25, 0.3) is 0 Å². The van der Waals surface area contributed by atoms with Crippen LogP contribution in [0.5, 0.6) is 0 Å². The predicted molar refractivity (Wildman–Crippen MR) is 91.7 cm³/mol. The molecule has 2 aromatic rings. The Labute approximate surface area is 141 Å². The van der Waals surface area contributed by atoms with E-state index in [2.05, 4.69) is 4.72 Å². The van der Waals surface area contributed by atoms with Crippen molar-refractivity contribution < 1.29 is 8.42 Å². The van der Waals surface area contributed by atoms with Crippen molar-refractivity contribution in [1.82, 2.24) is 4.72 Å². The van der Waals surface area contributed by atoms with Crippen LogP contribution in [-0.4, -0.2) is 8.42 Å². The Kier molecular flexibility index (Phi) is 5.87. The molecule has 3 nitrogen and oxygen atoms in total. The molecule has 0 bridgehead atoms. The molecule has 0 amide bonds. The highest BCUT2D eigenvalue weighted by Gasteiger charge is 2.19. The molecule has 0 aliphatic rings. The number of halogens is 2. The molecule has 1 atom stereocenters. The minimum Gasteiger partial charge on any atom is -0.212 e. The second-order valence-corrected chi connectivity index (χ2v) is 7.58. The fourth-order valence-electron chi connectivity index (χ4n) is 2.17. The monoisotopic (exact) mass is 357 g/mol. The molecular weight excluding hydrogens is 341 g/mol. The first-order valence-corrected chi connectivity index (χ1v) is 9.31. The number of hydrogen-bond donors (Lipinski definition) is 1. The Morgan fingerprint density at radius 2 is 1.77 bits per heavy atom. The summed E-state index contributed by atoms with van der Waals surface area (Å²) in [6.45, 7) is 1.94. The number of sulfonamides is 1. The second kappa shape index (κ2) is 7.47. The first-order chi connectivity index (χ1) is 10.4. The van der Waals surface area contributed by atoms with E-state index in [9.17, 15) is 8.42 Å². The van der Waals surface area contributed by atoms with Crippen LogP contribution in [0, 0.1) is 0 Å². The summed E-state index contributed by atoms with van der Waals surface area (Å²) in [6, 6.07) is 14.1. The Hall–Kier alpha value is -1.07. The van der Waals surface area contributed by atoms with Gasteiger partial charge in [-0.2, -0.15) is 0 Å². The van der Waals surface area contributed by atoms with Crippen LogP contribution in [0.2, 0.25) is 10.0 Å². The number of benzene rings is 2. The fourth-order valence-corrected chi connectivity index (χ4v) is 4.21. The molecule has 0 unspecified atom stereocenters. The van der Waals surface area contributed by atoms with Gasteiger partial charge in [-0.25, -0.2) is 13.1 Å². The lowest BCUT2D eigenvalue weighted by atomic mass is 10.1. The topological polar surface area (TPSA) is 46.2 Å². The van der Waals surface area contributed by atoms with E-state index in [0.29, 0.717) is 22.0 Å². The van der Waals surface area contributed by atoms with Gasteiger partial charge in [0.05, 0.1) is 5.75 Å². The molecule has 0 heterocycles. The Morgan fingerprint density at radius 3 is 2.36 bits per heavy atom. The van der Waals surface area contributed by atoms with Crippen LogP contribution < -0.4 is 4.72 Å². The molecule has 0 aliphatic heterocycles. The summed E-state index contributed by atoms with van der Waals surface area (Å²) in [5.74, 6) is -0.174. The maximum absolute atomic E-state index is 12.4. The molecule has 0 saturated heterocycles. The van der Waals surface area contributed by atoms with Crippen LogP contribution in [0.25, 0.3) is 0 Å². The molecule has 6 heteroatoms. The average molecular weight is 358 g/mol. The van der Waals surface area contributed by atoms with Gasteiger partial charge in [-0.15, -0.1) is 0 Å². The van der Waals surface area contributed by atoms with Crippen molar-refractivity contribution in [3.63, 3.8) is 0 Å². The Balaban J connectivity index is 2.16. The third kappa shape index (κ3) is 4.71. The first-order valence-electron chi connectivity index (χ1n) is 6.90. The van der Waals surface area contributed by atoms with Crippen molar-refractivity contribution in [2.75, 3.05) is 0 Å². The van der Waals surface area contributed by atoms with Crippen molar-refractivity contribution in [2.45, 2.75) is 25.1 Å². The van der Waals surface area contributed by atoms with E-state index in [-0.39, 0.29) is 11.8 Å². The van der Waals surface area contributed by atoms with Gasteiger partial charge >= 0.3 is 0 Å². The molecule has 22 heavy (non-hydrogen) atoms. The van der Waals surface area contributed by atoms with Crippen LogP contribution >= 0.6 is 23.2 Å². The van der Waals surface area contributed by atoms with Crippen molar-refractivity contribution in [2.24, 2.45) is 0 Å². The molecule has 0 radical (unpaired) electrons. The number of hydrogen-bond acceptors (Lipinski definition) is 2. The highest BCUT2D eigenvalue weighted by molar-refractivity contribution is 7.88. The highest BCUT2D eigenvalue weighted by Crippen LogP contribution is 2.24. The van der Waals surface area contributed by atoms with Crippen molar-refractivity contribution in [3.8, 4) is 0 Å². The normalized spacial score (nSPS) is 13.0. The third-order valence-corrected chi connectivity index (χ3v) is 5.21. The summed E-state index contributed by atoms with van der Waals surface area (Å²) in [5.41, 5.74) is 1.47. The minimum absolute atomic E-state index is 0.174. The van der Waals surface area contributed by atoms with Gasteiger partial charge in [-0.05, 0) is 29.7 Å². The van der Waals surface area contributed by atoms with Gasteiger partial charge in [0.2, 0.25) is 10.0 Å². The SMILES string of the molecule is CC[C@H](NS(=O)(=O)Cc1ccc(Cl)cc1Cl)c1ccccc1. The summed E-state index contributed by atoms with van der Waals surface area (Å²) >= 11 is 11.9. The molecule has 118 valence electrons. The van der Waals surface area contributed by atoms with E-state index in [1.165, 1.54) is 0 Å². The van der Waals surface area contributed by atoms with E-state index < -0.39 is 10.0 Å². The van der Waals surface area contributed by atoms with Gasteiger partial charge < -0.3 is 0 Å². The summed E-state index contributed by atoms with van der Waals surface area (Å²) in [6.07, 6.45) is 0.664. The van der Waals surface area contributed by atoms with Crippen molar-refractivity contribution >= 4 is 33.2 Å². The number of rotatable bonds is 6. The van der Waals surface area contributed by atoms with E-state index in [0.717, 1.165) is 5.56 Å². The zero-order chi connectivity index (χ0) is 16.2. The standard InChI is InChI=1S/C16H17Cl2NO2S/c1-2-16(12-6-4-3-5-7-12)19-22(20,21)11-13-8-9-14(17)10-15(13)18/h3-10,16,19H,2,11H2,1H3/t16-/m0/s1. The maximum Gasteiger partial charge on any atom is 0.216 e. The zero-order valence-corrected chi connectivity index (χ0v) is 14.4. The van der Waals surface area contributed by atoms with Crippen molar-refractivity contribution in [1.29, 1.82) is 0 Å². The molecule has 0 aromatic heterocycles. The molecule has 0 fully saturated rings. The van der Waals surface area contributed by atoms with Crippen molar-refractivity contribution in [3.05, 3.63) is 69.7 Å². The van der Waals surface area contributed by atoms with E-state index in [4.69, 9.17) is 23.2 Å². The molecule has 0 saturated carbocycles. The van der Waals surface area contributed by atoms with Crippen LogP contribution in [-0.2, 0) is 15.8 Å². The van der Waals surface area contributed by atoms with E-state index in [1.807, 2.05) is 37.3 Å². The van der Waals surface area contributed by atoms with Gasteiger partial charge in [0, 0.05) is 16.1 Å². The summed E-state index contributed by atoms with van der Waals surface area (Å²) in [7, 11) is -3.51. The highest BCUT2D eigenvalue weighted by atomic mass is 35.5. The predicted octanol–water partition coefficient (Wildman–Crippen LogP) is 4.56. The van der Waals surface area contributed by atoms with Crippen LogP contribution in [0.15, 0.2) is 48.5 Å². The molecule has 2 aromatic carbocycles. The number of nitrogens with one attached hydrogen (secondary N) is 1. The fraction of sp³-hybridized carbons (Fsp3) is 0.250. The molecule has 1 N–H and O–H groups in total. The summed E-state index contributed by atoms with van der Waals surface area (Å²) < 4.78 is 27.5. The van der Waals surface area contributed by atoms with Crippen LogP contribution in [0.4, 0.5) is 0 Å². The zero-order valence-electron chi connectivity index (χ0n) is 12.1. The maximum atomic E-state index is 12.4. The quantitative estimate of drug-likeness (QED) is 0.823. The van der Waals surface area contributed by atoms with Gasteiger partial charge in [-0.1, -0.05) is 66.5 Å². The average Bonchev–Trinajstić information content (AvgIpc) is 2.49. The van der Waals surface area contributed by atoms with E-state index in [1.54, 1.807) is 18.2 Å². The van der Waals surface area contributed by atoms with Gasteiger partial charge in [-0.3, -0.25) is 0 Å². The molecular formula is C16H17Cl2NO2S. The molecule has 0 aliphatic carbocycles. The lowest BCUT2D eigenvalue weighted by Gasteiger charge is -2.18. The Bertz CT molecular complexity index is 733. The second-order valence-electron chi connectivity index (χ2n) is 4.98. The smallest absolute Gasteiger partial charge is 0.212 e. The summed E-state index contributed by atoms with van der Waals surface area (Å²) in [4.78, 5) is 0. The van der Waals surface area contributed by atoms with Crippen LogP contribution in [0.3, 0.4) is 0 Å². The lowest BCUT2D eigenvalue weighted by molar-refractivity contribution is 0.549. The van der Waals surface area contributed by atoms with E-state index >= 15 is 0 Å². The van der Waals surface area contributed by atoms with Gasteiger partial charge in [0.15, 0.2) is 0 Å². The minimum atomic E-state index is -3.51.